The molecule has 1 rings (SSSR count). The standard InChI is InChI=1S/C12H21BrN4/c1-4-5-17(8-12(2,3)7-14)11-10(13)6-15-9-16-11/h6,9H,4-5,7-8,14H2,1-3H3. The zero-order valence-corrected chi connectivity index (χ0v) is 12.4. The maximum Gasteiger partial charge on any atom is 0.146 e. The van der Waals surface area contributed by atoms with Gasteiger partial charge >= 0.3 is 0 Å². The zero-order chi connectivity index (χ0) is 12.9. The van der Waals surface area contributed by atoms with Crippen LogP contribution in [0.2, 0.25) is 0 Å². The van der Waals surface area contributed by atoms with Crippen LogP contribution in [-0.4, -0.2) is 29.6 Å². The van der Waals surface area contributed by atoms with Gasteiger partial charge in [-0.25, -0.2) is 9.97 Å². The molecule has 2 N–H and O–H groups in total. The molecule has 0 saturated heterocycles. The first kappa shape index (κ1) is 14.4. The van der Waals surface area contributed by atoms with Gasteiger partial charge in [0.15, 0.2) is 0 Å². The lowest BCUT2D eigenvalue weighted by Gasteiger charge is -2.32. The summed E-state index contributed by atoms with van der Waals surface area (Å²) in [4.78, 5) is 10.6. The van der Waals surface area contributed by atoms with Gasteiger partial charge in [-0.1, -0.05) is 20.8 Å². The van der Waals surface area contributed by atoms with Crippen LogP contribution < -0.4 is 10.6 Å². The van der Waals surface area contributed by atoms with E-state index in [4.69, 9.17) is 5.73 Å². The number of hydrogen-bond donors (Lipinski definition) is 1. The average Bonchev–Trinajstić information content (AvgIpc) is 2.29. The van der Waals surface area contributed by atoms with Gasteiger partial charge in [-0.15, -0.1) is 0 Å². The normalized spacial score (nSPS) is 11.6. The molecule has 0 radical (unpaired) electrons. The SMILES string of the molecule is CCCN(CC(C)(C)CN)c1ncncc1Br. The number of nitrogens with zero attached hydrogens (tertiary/aromatic N) is 3. The molecule has 4 nitrogen and oxygen atoms in total. The number of anilines is 1. The molecule has 0 aliphatic carbocycles. The first-order chi connectivity index (χ1) is 8.00. The van der Waals surface area contributed by atoms with Crippen molar-refractivity contribution in [3.05, 3.63) is 17.0 Å². The van der Waals surface area contributed by atoms with E-state index < -0.39 is 0 Å². The Morgan fingerprint density at radius 2 is 2.18 bits per heavy atom. The number of hydrogen-bond acceptors (Lipinski definition) is 4. The molecule has 0 atom stereocenters. The monoisotopic (exact) mass is 300 g/mol. The van der Waals surface area contributed by atoms with E-state index in [-0.39, 0.29) is 5.41 Å². The third kappa shape index (κ3) is 4.24. The minimum absolute atomic E-state index is 0.0829. The van der Waals surface area contributed by atoms with Gasteiger partial charge in [-0.05, 0) is 34.3 Å². The van der Waals surface area contributed by atoms with Crippen molar-refractivity contribution >= 4 is 21.7 Å². The topological polar surface area (TPSA) is 55.0 Å². The van der Waals surface area contributed by atoms with Crippen LogP contribution in [0.3, 0.4) is 0 Å². The molecule has 0 bridgehead atoms. The van der Waals surface area contributed by atoms with E-state index in [1.54, 1.807) is 12.5 Å². The molecule has 0 fully saturated rings. The summed E-state index contributed by atoms with van der Waals surface area (Å²) >= 11 is 3.50. The second kappa shape index (κ2) is 6.31. The van der Waals surface area contributed by atoms with Crippen molar-refractivity contribution in [1.82, 2.24) is 9.97 Å². The second-order valence-electron chi connectivity index (χ2n) is 4.98. The van der Waals surface area contributed by atoms with Crippen LogP contribution in [0.25, 0.3) is 0 Å². The lowest BCUT2D eigenvalue weighted by Crippen LogP contribution is -2.39. The van der Waals surface area contributed by atoms with E-state index >= 15 is 0 Å². The Morgan fingerprint density at radius 3 is 2.71 bits per heavy atom. The first-order valence-corrected chi connectivity index (χ1v) is 6.70. The Balaban J connectivity index is 2.90. The summed E-state index contributed by atoms with van der Waals surface area (Å²) in [6.07, 6.45) is 4.44. The average molecular weight is 301 g/mol. The summed E-state index contributed by atoms with van der Waals surface area (Å²) in [5.41, 5.74) is 5.88. The molecule has 96 valence electrons. The quantitative estimate of drug-likeness (QED) is 0.877. The molecule has 0 aliphatic rings. The van der Waals surface area contributed by atoms with Crippen LogP contribution in [-0.2, 0) is 0 Å². The summed E-state index contributed by atoms with van der Waals surface area (Å²) in [5, 5.41) is 0. The van der Waals surface area contributed by atoms with Gasteiger partial charge in [-0.3, -0.25) is 0 Å². The molecule has 1 aromatic rings. The van der Waals surface area contributed by atoms with Gasteiger partial charge in [0.25, 0.3) is 0 Å². The highest BCUT2D eigenvalue weighted by Crippen LogP contribution is 2.25. The van der Waals surface area contributed by atoms with Crippen molar-refractivity contribution in [2.24, 2.45) is 11.1 Å². The fourth-order valence-electron chi connectivity index (χ4n) is 1.65. The molecule has 0 aliphatic heterocycles. The Labute approximate surface area is 112 Å². The van der Waals surface area contributed by atoms with Crippen LogP contribution in [0.15, 0.2) is 17.0 Å². The third-order valence-corrected chi connectivity index (χ3v) is 3.17. The second-order valence-corrected chi connectivity index (χ2v) is 5.84. The molecular formula is C12H21BrN4. The Bertz CT molecular complexity index is 354. The summed E-state index contributed by atoms with van der Waals surface area (Å²) in [6.45, 7) is 9.04. The Morgan fingerprint density at radius 1 is 1.47 bits per heavy atom. The predicted molar refractivity (Wildman–Crippen MR) is 75.1 cm³/mol. The molecule has 0 spiro atoms. The van der Waals surface area contributed by atoms with Gasteiger partial charge in [0.2, 0.25) is 0 Å². The number of nitrogens with two attached hydrogens (primary N) is 1. The van der Waals surface area contributed by atoms with Crippen LogP contribution in [0.1, 0.15) is 27.2 Å². The molecular weight excluding hydrogens is 280 g/mol. The summed E-state index contributed by atoms with van der Waals surface area (Å²) in [5.74, 6) is 0.948. The van der Waals surface area contributed by atoms with E-state index in [2.05, 4.69) is 51.6 Å². The van der Waals surface area contributed by atoms with Crippen LogP contribution in [0, 0.1) is 5.41 Å². The summed E-state index contributed by atoms with van der Waals surface area (Å²) in [6, 6.07) is 0. The lowest BCUT2D eigenvalue weighted by molar-refractivity contribution is 0.376. The number of aromatic nitrogens is 2. The minimum Gasteiger partial charge on any atom is -0.355 e. The van der Waals surface area contributed by atoms with Crippen molar-refractivity contribution in [3.63, 3.8) is 0 Å². The van der Waals surface area contributed by atoms with E-state index in [0.29, 0.717) is 6.54 Å². The van der Waals surface area contributed by atoms with Crippen LogP contribution in [0.5, 0.6) is 0 Å². The van der Waals surface area contributed by atoms with E-state index in [0.717, 1.165) is 29.8 Å². The highest BCUT2D eigenvalue weighted by molar-refractivity contribution is 9.10. The fourth-order valence-corrected chi connectivity index (χ4v) is 2.12. The third-order valence-electron chi connectivity index (χ3n) is 2.61. The molecule has 1 aromatic heterocycles. The first-order valence-electron chi connectivity index (χ1n) is 5.90. The number of rotatable bonds is 6. The summed E-state index contributed by atoms with van der Waals surface area (Å²) < 4.78 is 0.932. The molecule has 5 heteroatoms. The largest absolute Gasteiger partial charge is 0.355 e. The van der Waals surface area contributed by atoms with Crippen molar-refractivity contribution in [3.8, 4) is 0 Å². The lowest BCUT2D eigenvalue weighted by atomic mass is 9.93. The predicted octanol–water partition coefficient (Wildman–Crippen LogP) is 2.44. The summed E-state index contributed by atoms with van der Waals surface area (Å²) in [7, 11) is 0. The van der Waals surface area contributed by atoms with Crippen molar-refractivity contribution in [1.29, 1.82) is 0 Å². The van der Waals surface area contributed by atoms with Crippen molar-refractivity contribution in [2.45, 2.75) is 27.2 Å². The Kier molecular flexibility index (Phi) is 5.33. The van der Waals surface area contributed by atoms with E-state index in [1.165, 1.54) is 0 Å². The van der Waals surface area contributed by atoms with Gasteiger partial charge < -0.3 is 10.6 Å². The molecule has 0 amide bonds. The van der Waals surface area contributed by atoms with Crippen LogP contribution >= 0.6 is 15.9 Å². The maximum absolute atomic E-state index is 5.80. The highest BCUT2D eigenvalue weighted by Gasteiger charge is 2.22. The van der Waals surface area contributed by atoms with Gasteiger partial charge in [0.1, 0.15) is 12.1 Å². The smallest absolute Gasteiger partial charge is 0.146 e. The van der Waals surface area contributed by atoms with Gasteiger partial charge in [0, 0.05) is 19.3 Å². The van der Waals surface area contributed by atoms with Crippen molar-refractivity contribution < 1.29 is 0 Å². The molecule has 0 saturated carbocycles. The molecule has 17 heavy (non-hydrogen) atoms. The molecule has 0 unspecified atom stereocenters. The van der Waals surface area contributed by atoms with E-state index in [1.807, 2.05) is 0 Å². The molecule has 1 heterocycles. The van der Waals surface area contributed by atoms with Gasteiger partial charge in [-0.2, -0.15) is 0 Å². The zero-order valence-electron chi connectivity index (χ0n) is 10.8. The number of halogens is 1. The Hall–Kier alpha value is -0.680. The molecule has 0 aromatic carbocycles. The van der Waals surface area contributed by atoms with Gasteiger partial charge in [0.05, 0.1) is 4.47 Å². The minimum atomic E-state index is 0.0829. The van der Waals surface area contributed by atoms with Crippen molar-refractivity contribution in [2.75, 3.05) is 24.5 Å². The van der Waals surface area contributed by atoms with Crippen LogP contribution in [0.4, 0.5) is 5.82 Å². The maximum atomic E-state index is 5.80. The van der Waals surface area contributed by atoms with E-state index in [9.17, 15) is 0 Å². The highest BCUT2D eigenvalue weighted by atomic mass is 79.9. The fraction of sp³-hybridized carbons (Fsp3) is 0.667.